The summed E-state index contributed by atoms with van der Waals surface area (Å²) in [5.74, 6) is 0.366. The number of anilines is 1. The topological polar surface area (TPSA) is 101 Å². The molecule has 1 amide bonds. The lowest BCUT2D eigenvalue weighted by Crippen LogP contribution is -2.48. The summed E-state index contributed by atoms with van der Waals surface area (Å²) in [4.78, 5) is 31.7. The lowest BCUT2D eigenvalue weighted by atomic mass is 10.2. The summed E-state index contributed by atoms with van der Waals surface area (Å²) in [6.07, 6.45) is 0.0796. The summed E-state index contributed by atoms with van der Waals surface area (Å²) in [5, 5.41) is 0.359. The zero-order chi connectivity index (χ0) is 14.7. The van der Waals surface area contributed by atoms with Gasteiger partial charge in [-0.1, -0.05) is 11.8 Å². The zero-order valence-corrected chi connectivity index (χ0v) is 12.3. The number of hydrogen-bond acceptors (Lipinski definition) is 6. The summed E-state index contributed by atoms with van der Waals surface area (Å²) in [7, 11) is 0. The first-order valence-electron chi connectivity index (χ1n) is 6.37. The molecule has 0 aliphatic carbocycles. The molecule has 2 atom stereocenters. The molecule has 8 heteroatoms. The molecule has 1 aliphatic heterocycles. The predicted octanol–water partition coefficient (Wildman–Crippen LogP) is 0.0800. The Balaban J connectivity index is 1.93. The quantitative estimate of drug-likeness (QED) is 0.605. The standard InChI is InChI=1S/C12H18N4O3S/c1-7-4-16(5-8(2)19-7)11(18)6-20-12-14-9(13)3-10(17)15-12/h3,7-8H,4-6H2,1-2H3,(H3,13,14,15,17)/t7-,8-/m1/s1. The highest BCUT2D eigenvalue weighted by molar-refractivity contribution is 7.99. The maximum Gasteiger partial charge on any atom is 0.253 e. The van der Waals surface area contributed by atoms with Crippen molar-refractivity contribution >= 4 is 23.5 Å². The van der Waals surface area contributed by atoms with E-state index in [1.807, 2.05) is 13.8 Å². The number of amides is 1. The number of carbonyl (C=O) groups is 1. The molecule has 2 rings (SSSR count). The highest BCUT2D eigenvalue weighted by Crippen LogP contribution is 2.16. The Bertz CT molecular complexity index is 538. The first-order valence-corrected chi connectivity index (χ1v) is 7.35. The average Bonchev–Trinajstić information content (AvgIpc) is 2.33. The first-order chi connectivity index (χ1) is 9.44. The molecular weight excluding hydrogens is 280 g/mol. The highest BCUT2D eigenvalue weighted by atomic mass is 32.2. The number of carbonyl (C=O) groups excluding carboxylic acids is 1. The van der Waals surface area contributed by atoms with Crippen molar-refractivity contribution in [2.24, 2.45) is 0 Å². The fourth-order valence-electron chi connectivity index (χ4n) is 2.12. The van der Waals surface area contributed by atoms with Crippen LogP contribution in [0.4, 0.5) is 5.82 Å². The van der Waals surface area contributed by atoms with Crippen LogP contribution < -0.4 is 11.3 Å². The molecule has 110 valence electrons. The van der Waals surface area contributed by atoms with Crippen molar-refractivity contribution in [1.29, 1.82) is 0 Å². The van der Waals surface area contributed by atoms with Gasteiger partial charge in [0.1, 0.15) is 5.82 Å². The average molecular weight is 298 g/mol. The van der Waals surface area contributed by atoms with Gasteiger partial charge >= 0.3 is 0 Å². The zero-order valence-electron chi connectivity index (χ0n) is 11.5. The fourth-order valence-corrected chi connectivity index (χ4v) is 2.91. The number of nitrogen functional groups attached to an aromatic ring is 1. The number of nitrogens with zero attached hydrogens (tertiary/aromatic N) is 2. The minimum atomic E-state index is -0.318. The van der Waals surface area contributed by atoms with E-state index in [9.17, 15) is 9.59 Å². The van der Waals surface area contributed by atoms with Gasteiger partial charge in [0.15, 0.2) is 5.16 Å². The second-order valence-corrected chi connectivity index (χ2v) is 5.78. The molecule has 2 heterocycles. The molecular formula is C12H18N4O3S. The van der Waals surface area contributed by atoms with Gasteiger partial charge in [0, 0.05) is 19.2 Å². The van der Waals surface area contributed by atoms with E-state index in [0.29, 0.717) is 18.2 Å². The van der Waals surface area contributed by atoms with Crippen molar-refractivity contribution in [2.45, 2.75) is 31.2 Å². The second kappa shape index (κ2) is 6.27. The third kappa shape index (κ3) is 3.97. The highest BCUT2D eigenvalue weighted by Gasteiger charge is 2.25. The lowest BCUT2D eigenvalue weighted by molar-refractivity contribution is -0.140. The summed E-state index contributed by atoms with van der Waals surface area (Å²) >= 11 is 1.17. The molecule has 0 aromatic carbocycles. The Morgan fingerprint density at radius 1 is 1.55 bits per heavy atom. The van der Waals surface area contributed by atoms with Crippen molar-refractivity contribution in [3.05, 3.63) is 16.4 Å². The minimum Gasteiger partial charge on any atom is -0.383 e. The number of aromatic nitrogens is 2. The summed E-state index contributed by atoms with van der Waals surface area (Å²) in [6, 6.07) is 1.21. The van der Waals surface area contributed by atoms with Crippen molar-refractivity contribution in [2.75, 3.05) is 24.6 Å². The summed E-state index contributed by atoms with van der Waals surface area (Å²) < 4.78 is 5.58. The second-order valence-electron chi connectivity index (χ2n) is 4.82. The third-order valence-electron chi connectivity index (χ3n) is 2.84. The number of rotatable bonds is 3. The van der Waals surface area contributed by atoms with Crippen molar-refractivity contribution in [1.82, 2.24) is 14.9 Å². The number of morpholine rings is 1. The van der Waals surface area contributed by atoms with Crippen LogP contribution in [0.2, 0.25) is 0 Å². The van der Waals surface area contributed by atoms with Gasteiger partial charge < -0.3 is 20.4 Å². The number of H-pyrrole nitrogens is 1. The van der Waals surface area contributed by atoms with Crippen LogP contribution in [-0.4, -0.2) is 51.8 Å². The monoisotopic (exact) mass is 298 g/mol. The Morgan fingerprint density at radius 3 is 2.80 bits per heavy atom. The van der Waals surface area contributed by atoms with Gasteiger partial charge in [-0.25, -0.2) is 4.98 Å². The normalized spacial score (nSPS) is 22.8. The van der Waals surface area contributed by atoms with Gasteiger partial charge in [0.2, 0.25) is 5.91 Å². The van der Waals surface area contributed by atoms with E-state index in [2.05, 4.69) is 9.97 Å². The van der Waals surface area contributed by atoms with Crippen molar-refractivity contribution < 1.29 is 9.53 Å². The molecule has 0 unspecified atom stereocenters. The van der Waals surface area contributed by atoms with Gasteiger partial charge in [-0.15, -0.1) is 0 Å². The van der Waals surface area contributed by atoms with E-state index in [0.717, 1.165) is 0 Å². The van der Waals surface area contributed by atoms with Gasteiger partial charge in [-0.3, -0.25) is 9.59 Å². The van der Waals surface area contributed by atoms with Crippen LogP contribution in [0.1, 0.15) is 13.8 Å². The number of nitrogens with one attached hydrogen (secondary N) is 1. The Kier molecular flexibility index (Phi) is 4.66. The number of aromatic amines is 1. The number of thioether (sulfide) groups is 1. The third-order valence-corrected chi connectivity index (χ3v) is 3.70. The van der Waals surface area contributed by atoms with Crippen LogP contribution >= 0.6 is 11.8 Å². The molecule has 1 saturated heterocycles. The molecule has 0 radical (unpaired) electrons. The number of nitrogens with two attached hydrogens (primary N) is 1. The fraction of sp³-hybridized carbons (Fsp3) is 0.583. The summed E-state index contributed by atoms with van der Waals surface area (Å²) in [6.45, 7) is 5.06. The van der Waals surface area contributed by atoms with Crippen molar-refractivity contribution in [3.8, 4) is 0 Å². The van der Waals surface area contributed by atoms with Crippen LogP contribution in [0.3, 0.4) is 0 Å². The minimum absolute atomic E-state index is 0.00192. The van der Waals surface area contributed by atoms with E-state index in [1.54, 1.807) is 4.90 Å². The van der Waals surface area contributed by atoms with Gasteiger partial charge in [-0.05, 0) is 13.8 Å². The molecule has 1 fully saturated rings. The van der Waals surface area contributed by atoms with E-state index in [-0.39, 0.29) is 35.2 Å². The predicted molar refractivity (Wildman–Crippen MR) is 76.6 cm³/mol. The molecule has 0 saturated carbocycles. The molecule has 7 nitrogen and oxygen atoms in total. The maximum atomic E-state index is 12.1. The van der Waals surface area contributed by atoms with Crippen LogP contribution in [0.5, 0.6) is 0 Å². The molecule has 1 aromatic rings. The summed E-state index contributed by atoms with van der Waals surface area (Å²) in [5.41, 5.74) is 5.17. The Hall–Kier alpha value is -1.54. The molecule has 0 spiro atoms. The van der Waals surface area contributed by atoms with Gasteiger partial charge in [-0.2, -0.15) is 0 Å². The molecule has 0 bridgehead atoms. The Labute approximate surface area is 120 Å². The van der Waals surface area contributed by atoms with Crippen LogP contribution in [0.25, 0.3) is 0 Å². The lowest BCUT2D eigenvalue weighted by Gasteiger charge is -2.35. The largest absolute Gasteiger partial charge is 0.383 e. The molecule has 1 aromatic heterocycles. The number of ether oxygens (including phenoxy) is 1. The van der Waals surface area contributed by atoms with E-state index in [1.165, 1.54) is 17.8 Å². The molecule has 3 N–H and O–H groups in total. The van der Waals surface area contributed by atoms with Crippen LogP contribution in [0, 0.1) is 0 Å². The molecule has 20 heavy (non-hydrogen) atoms. The van der Waals surface area contributed by atoms with Crippen LogP contribution in [0.15, 0.2) is 16.0 Å². The molecule has 1 aliphatic rings. The van der Waals surface area contributed by atoms with Gasteiger partial charge in [0.25, 0.3) is 5.56 Å². The van der Waals surface area contributed by atoms with Crippen molar-refractivity contribution in [3.63, 3.8) is 0 Å². The van der Waals surface area contributed by atoms with Gasteiger partial charge in [0.05, 0.1) is 18.0 Å². The smallest absolute Gasteiger partial charge is 0.253 e. The number of hydrogen-bond donors (Lipinski definition) is 2. The SMILES string of the molecule is C[C@@H]1CN(C(=O)CSc2nc(N)cc(=O)[nH]2)C[C@@H](C)O1. The van der Waals surface area contributed by atoms with E-state index >= 15 is 0 Å². The van der Waals surface area contributed by atoms with E-state index in [4.69, 9.17) is 10.5 Å². The van der Waals surface area contributed by atoms with Crippen LogP contribution in [-0.2, 0) is 9.53 Å². The first kappa shape index (κ1) is 14.9. The Morgan fingerprint density at radius 2 is 2.20 bits per heavy atom. The van der Waals surface area contributed by atoms with E-state index < -0.39 is 0 Å². The maximum absolute atomic E-state index is 12.1.